The van der Waals surface area contributed by atoms with Crippen LogP contribution in [0.3, 0.4) is 0 Å². The van der Waals surface area contributed by atoms with E-state index in [1.807, 2.05) is 0 Å². The molecular weight excluding hydrogens is 232 g/mol. The zero-order valence-electron chi connectivity index (χ0n) is 7.08. The van der Waals surface area contributed by atoms with Crippen LogP contribution in [-0.2, 0) is 0 Å². The number of carbonyl (C=O) groups excluding carboxylic acids is 2. The summed E-state index contributed by atoms with van der Waals surface area (Å²) in [6.07, 6.45) is 0. The average molecular weight is 242 g/mol. The van der Waals surface area contributed by atoms with Crippen molar-refractivity contribution < 1.29 is 9.59 Å². The molecule has 0 aliphatic rings. The summed E-state index contributed by atoms with van der Waals surface area (Å²) >= 11 is 10.6. The van der Waals surface area contributed by atoms with E-state index in [1.54, 1.807) is 6.92 Å². The highest BCUT2D eigenvalue weighted by atomic mass is 35.5. The molecule has 0 fully saturated rings. The van der Waals surface area contributed by atoms with Gasteiger partial charge in [0, 0.05) is 19.0 Å². The zero-order valence-corrected chi connectivity index (χ0v) is 9.47. The number of alkyl halides is 1. The number of rotatable bonds is 3. The topological polar surface area (TPSA) is 49.4 Å². The minimum atomic E-state index is -0.586. The van der Waals surface area contributed by atoms with Crippen LogP contribution < -0.4 is 5.32 Å². The molecule has 0 aliphatic carbocycles. The molecule has 0 bridgehead atoms. The van der Waals surface area contributed by atoms with Crippen molar-refractivity contribution in [3.63, 3.8) is 0 Å². The second-order valence-electron chi connectivity index (χ2n) is 1.97. The summed E-state index contributed by atoms with van der Waals surface area (Å²) in [6, 6.07) is 0. The molecule has 4 nitrogen and oxygen atoms in total. The Labute approximate surface area is 91.9 Å². The van der Waals surface area contributed by atoms with Crippen molar-refractivity contribution in [2.24, 2.45) is 0 Å². The molecule has 0 aliphatic heterocycles. The molecule has 1 N–H and O–H groups in total. The molecule has 75 valence electrons. The fourth-order valence-corrected chi connectivity index (χ4v) is 1.67. The summed E-state index contributed by atoms with van der Waals surface area (Å²) in [5.74, 6) is 0.259. The van der Waals surface area contributed by atoms with Gasteiger partial charge < -0.3 is 5.32 Å². The Kier molecular flexibility index (Phi) is 7.12. The van der Waals surface area contributed by atoms with Crippen molar-refractivity contribution in [1.29, 1.82) is 0 Å². The fraction of sp³-hybridized carbons (Fsp3) is 0.667. The van der Waals surface area contributed by atoms with E-state index in [2.05, 4.69) is 17.9 Å². The van der Waals surface area contributed by atoms with Gasteiger partial charge in [0.2, 0.25) is 0 Å². The van der Waals surface area contributed by atoms with Gasteiger partial charge in [0.1, 0.15) is 0 Å². The van der Waals surface area contributed by atoms with Crippen LogP contribution in [0.5, 0.6) is 0 Å². The number of amides is 2. The van der Waals surface area contributed by atoms with Crippen molar-refractivity contribution >= 4 is 46.7 Å². The molecule has 0 aromatic rings. The summed E-state index contributed by atoms with van der Waals surface area (Å²) in [4.78, 5) is 21.8. The number of carbonyl (C=O) groups is 2. The molecule has 0 saturated heterocycles. The fourth-order valence-electron chi connectivity index (χ4n) is 0.528. The van der Waals surface area contributed by atoms with Crippen LogP contribution in [0.25, 0.3) is 0 Å². The molecule has 2 amide bonds. The van der Waals surface area contributed by atoms with E-state index in [0.717, 1.165) is 16.3 Å². The lowest BCUT2D eigenvalue weighted by molar-refractivity contribution is 0.248. The molecule has 0 unspecified atom stereocenters. The van der Waals surface area contributed by atoms with Crippen molar-refractivity contribution in [1.82, 2.24) is 9.62 Å². The Hall–Kier alpha value is -0.200. The largest absolute Gasteiger partial charge is 0.346 e. The van der Waals surface area contributed by atoms with Crippen LogP contribution in [0.4, 0.5) is 9.59 Å². The van der Waals surface area contributed by atoms with Gasteiger partial charge in [-0.1, -0.05) is 0 Å². The first-order valence-corrected chi connectivity index (χ1v) is 5.33. The van der Waals surface area contributed by atoms with Crippen molar-refractivity contribution in [3.05, 3.63) is 0 Å². The summed E-state index contributed by atoms with van der Waals surface area (Å²) in [5, 5.41) is 1.64. The Morgan fingerprint density at radius 3 is 2.62 bits per heavy atom. The Morgan fingerprint density at radius 2 is 2.23 bits per heavy atom. The first kappa shape index (κ1) is 12.8. The first-order chi connectivity index (χ1) is 6.11. The van der Waals surface area contributed by atoms with Crippen LogP contribution in [0, 0.1) is 0 Å². The van der Waals surface area contributed by atoms with Gasteiger partial charge in [-0.25, -0.2) is 0 Å². The number of nitrogens with one attached hydrogen (secondary N) is 1. The molecule has 13 heavy (non-hydrogen) atoms. The zero-order chi connectivity index (χ0) is 10.3. The average Bonchev–Trinajstić information content (AvgIpc) is 2.04. The number of halogens is 1. The first-order valence-electron chi connectivity index (χ1n) is 3.62. The molecule has 1 radical (unpaired) electrons. The lowest BCUT2D eigenvalue weighted by Gasteiger charge is -2.15. The Bertz CT molecular complexity index is 191. The summed E-state index contributed by atoms with van der Waals surface area (Å²) < 4.78 is 1.15. The maximum absolute atomic E-state index is 11.0. The van der Waals surface area contributed by atoms with E-state index in [-0.39, 0.29) is 17.7 Å². The van der Waals surface area contributed by atoms with Gasteiger partial charge in [-0.2, -0.15) is 0 Å². The lowest BCUT2D eigenvalue weighted by atomic mass is 10.8. The van der Waals surface area contributed by atoms with Crippen molar-refractivity contribution in [3.8, 4) is 0 Å². The smallest absolute Gasteiger partial charge is 0.323 e. The number of hydrogen-bond donors (Lipinski definition) is 1. The molecule has 0 atom stereocenters. The quantitative estimate of drug-likeness (QED) is 0.609. The summed E-state index contributed by atoms with van der Waals surface area (Å²) in [7, 11) is 0. The van der Waals surface area contributed by atoms with Crippen LogP contribution in [-0.4, -0.2) is 33.8 Å². The van der Waals surface area contributed by atoms with E-state index in [0.29, 0.717) is 6.54 Å². The standard InChI is InChI=1S/C6H10ClN2O2S2/c1-2-8-5(10)13-9(4-3-7)6(11)12/h2-4H2,1H3,(H,8,10). The third-order valence-corrected chi connectivity index (χ3v) is 2.39. The predicted octanol–water partition coefficient (Wildman–Crippen LogP) is 2.22. The molecule has 7 heteroatoms. The van der Waals surface area contributed by atoms with Crippen molar-refractivity contribution in [2.75, 3.05) is 19.0 Å². The Balaban J connectivity index is 3.94. The van der Waals surface area contributed by atoms with Crippen LogP contribution >= 0.6 is 36.2 Å². The summed E-state index contributed by atoms with van der Waals surface area (Å²) in [5.41, 5.74) is 0. The molecule has 0 spiro atoms. The third-order valence-electron chi connectivity index (χ3n) is 1.01. The SMILES string of the molecule is CCNC(=O)SN(CCCl)C(=O)[S]. The van der Waals surface area contributed by atoms with Gasteiger partial charge in [-0.3, -0.25) is 13.9 Å². The van der Waals surface area contributed by atoms with E-state index in [4.69, 9.17) is 11.6 Å². The highest BCUT2D eigenvalue weighted by Crippen LogP contribution is 2.13. The van der Waals surface area contributed by atoms with Gasteiger partial charge in [-0.15, -0.1) is 11.6 Å². The molecule has 0 aromatic carbocycles. The maximum atomic E-state index is 11.0. The van der Waals surface area contributed by atoms with E-state index in [9.17, 15) is 9.59 Å². The molecule has 0 aromatic heterocycles. The second kappa shape index (κ2) is 7.23. The van der Waals surface area contributed by atoms with E-state index >= 15 is 0 Å². The Morgan fingerprint density at radius 1 is 1.62 bits per heavy atom. The van der Waals surface area contributed by atoms with Gasteiger partial charge >= 0.3 is 5.24 Å². The van der Waals surface area contributed by atoms with Crippen LogP contribution in [0.1, 0.15) is 6.92 Å². The minimum absolute atomic E-state index is 0.259. The minimum Gasteiger partial charge on any atom is -0.346 e. The lowest BCUT2D eigenvalue weighted by Crippen LogP contribution is -2.27. The third kappa shape index (κ3) is 5.95. The van der Waals surface area contributed by atoms with E-state index < -0.39 is 5.24 Å². The van der Waals surface area contributed by atoms with Crippen LogP contribution in [0.15, 0.2) is 0 Å². The number of nitrogens with zero attached hydrogens (tertiary/aromatic N) is 1. The van der Waals surface area contributed by atoms with Gasteiger partial charge in [0.25, 0.3) is 5.24 Å². The highest BCUT2D eigenvalue weighted by Gasteiger charge is 2.14. The van der Waals surface area contributed by atoms with Crippen molar-refractivity contribution in [2.45, 2.75) is 6.92 Å². The number of hydrogen-bond acceptors (Lipinski definition) is 3. The van der Waals surface area contributed by atoms with Gasteiger partial charge in [0.05, 0.1) is 11.9 Å². The highest BCUT2D eigenvalue weighted by molar-refractivity contribution is 8.13. The maximum Gasteiger partial charge on any atom is 0.323 e. The normalized spacial score (nSPS) is 9.38. The van der Waals surface area contributed by atoms with Gasteiger partial charge in [-0.05, 0) is 19.6 Å². The predicted molar refractivity (Wildman–Crippen MR) is 57.1 cm³/mol. The molecule has 0 saturated carbocycles. The monoisotopic (exact) mass is 241 g/mol. The second-order valence-corrected chi connectivity index (χ2v) is 3.69. The van der Waals surface area contributed by atoms with Crippen LogP contribution in [0.2, 0.25) is 0 Å². The molecule has 0 rings (SSSR count). The van der Waals surface area contributed by atoms with E-state index in [1.165, 1.54) is 0 Å². The summed E-state index contributed by atoms with van der Waals surface area (Å²) in [6.45, 7) is 2.58. The molecular formula is C6H10ClN2O2S2. The van der Waals surface area contributed by atoms with Gasteiger partial charge in [0.15, 0.2) is 0 Å². The molecule has 0 heterocycles.